The number of urea groups is 1. The highest BCUT2D eigenvalue weighted by Gasteiger charge is 2.33. The number of imidazole rings is 1. The maximum atomic E-state index is 13.0. The summed E-state index contributed by atoms with van der Waals surface area (Å²) >= 11 is 5.59. The number of rotatable bonds is 4. The van der Waals surface area contributed by atoms with Gasteiger partial charge in [0, 0.05) is 30.3 Å². The number of amides is 3. The van der Waals surface area contributed by atoms with Gasteiger partial charge in [0.15, 0.2) is 5.69 Å². The fourth-order valence-corrected chi connectivity index (χ4v) is 3.48. The molecule has 4 aromatic rings. The van der Waals surface area contributed by atoms with Crippen molar-refractivity contribution < 1.29 is 22.8 Å². The molecule has 0 fully saturated rings. The van der Waals surface area contributed by atoms with Crippen LogP contribution < -0.4 is 16.0 Å². The topological polar surface area (TPSA) is 101 Å². The zero-order valence-electron chi connectivity index (χ0n) is 17.4. The fraction of sp³-hybridized carbons (Fsp3) is 0.0909. The molecule has 12 heteroatoms. The molecule has 174 valence electrons. The first-order chi connectivity index (χ1) is 16.2. The Morgan fingerprint density at radius 3 is 2.32 bits per heavy atom. The summed E-state index contributed by atoms with van der Waals surface area (Å²) in [6, 6.07) is 10.7. The average molecular weight is 489 g/mol. The zero-order valence-corrected chi connectivity index (χ0v) is 18.2. The van der Waals surface area contributed by atoms with Crippen molar-refractivity contribution in [2.75, 3.05) is 17.7 Å². The number of hydrogen-bond acceptors (Lipinski definition) is 4. The highest BCUT2D eigenvalue weighted by Crippen LogP contribution is 2.36. The van der Waals surface area contributed by atoms with Gasteiger partial charge in [-0.1, -0.05) is 11.6 Å². The molecule has 0 unspecified atom stereocenters. The van der Waals surface area contributed by atoms with Gasteiger partial charge < -0.3 is 16.0 Å². The van der Waals surface area contributed by atoms with E-state index in [4.69, 9.17) is 11.6 Å². The van der Waals surface area contributed by atoms with Crippen LogP contribution in [0.25, 0.3) is 16.7 Å². The van der Waals surface area contributed by atoms with Crippen LogP contribution in [-0.4, -0.2) is 33.5 Å². The van der Waals surface area contributed by atoms with Crippen LogP contribution in [0.4, 0.5) is 29.3 Å². The van der Waals surface area contributed by atoms with Crippen LogP contribution in [0, 0.1) is 0 Å². The molecule has 0 aliphatic rings. The summed E-state index contributed by atoms with van der Waals surface area (Å²) in [5.41, 5.74) is 1.30. The average Bonchev–Trinajstić information content (AvgIpc) is 3.24. The molecule has 3 amide bonds. The van der Waals surface area contributed by atoms with Gasteiger partial charge in [-0.05, 0) is 48.5 Å². The molecule has 34 heavy (non-hydrogen) atoms. The Balaban J connectivity index is 1.50. The standard InChI is InChI=1S/C22H16ClF3N6O2/c1-27-20(33)19-18-17(8-9-28-19)32(11-29-18)14-5-2-12(3-6-14)30-21(34)31-13-4-7-16(23)15(10-13)22(24,25)26/h2-11H,1H3,(H,27,33)(H2,30,31,34). The van der Waals surface area contributed by atoms with Crippen LogP contribution in [0.3, 0.4) is 0 Å². The predicted molar refractivity (Wildman–Crippen MR) is 121 cm³/mol. The first-order valence-corrected chi connectivity index (χ1v) is 10.1. The van der Waals surface area contributed by atoms with E-state index in [1.54, 1.807) is 41.2 Å². The van der Waals surface area contributed by atoms with Crippen LogP contribution in [0.2, 0.25) is 5.02 Å². The van der Waals surface area contributed by atoms with Crippen LogP contribution in [0.5, 0.6) is 0 Å². The first kappa shape index (κ1) is 23.1. The normalized spacial score (nSPS) is 11.3. The van der Waals surface area contributed by atoms with E-state index in [2.05, 4.69) is 25.9 Å². The third-order valence-corrected chi connectivity index (χ3v) is 5.17. The number of benzene rings is 2. The van der Waals surface area contributed by atoms with Gasteiger partial charge in [0.2, 0.25) is 0 Å². The monoisotopic (exact) mass is 488 g/mol. The molecule has 2 heterocycles. The predicted octanol–water partition coefficient (Wildman–Crippen LogP) is 5.10. The number of nitrogens with one attached hydrogen (secondary N) is 3. The quantitative estimate of drug-likeness (QED) is 0.372. The van der Waals surface area contributed by atoms with Crippen molar-refractivity contribution in [3.05, 3.63) is 77.3 Å². The lowest BCUT2D eigenvalue weighted by Crippen LogP contribution is -2.20. The SMILES string of the molecule is CNC(=O)c1nccc2c1ncn2-c1ccc(NC(=O)Nc2ccc(Cl)c(C(F)(F)F)c2)cc1. The van der Waals surface area contributed by atoms with Crippen LogP contribution in [0.1, 0.15) is 16.1 Å². The maximum Gasteiger partial charge on any atom is 0.417 e. The van der Waals surface area contributed by atoms with Gasteiger partial charge in [0.25, 0.3) is 5.91 Å². The number of anilines is 2. The Kier molecular flexibility index (Phi) is 6.12. The molecule has 2 aromatic carbocycles. The molecule has 0 spiro atoms. The van der Waals surface area contributed by atoms with Gasteiger partial charge in [-0.15, -0.1) is 0 Å². The molecule has 0 saturated carbocycles. The van der Waals surface area contributed by atoms with Gasteiger partial charge in [0.05, 0.1) is 16.1 Å². The van der Waals surface area contributed by atoms with E-state index in [0.29, 0.717) is 22.4 Å². The summed E-state index contributed by atoms with van der Waals surface area (Å²) in [4.78, 5) is 32.6. The van der Waals surface area contributed by atoms with Crippen molar-refractivity contribution in [3.8, 4) is 5.69 Å². The van der Waals surface area contributed by atoms with E-state index in [0.717, 1.165) is 12.1 Å². The van der Waals surface area contributed by atoms with E-state index in [1.165, 1.54) is 19.3 Å². The smallest absolute Gasteiger partial charge is 0.354 e. The van der Waals surface area contributed by atoms with Crippen molar-refractivity contribution in [2.45, 2.75) is 6.18 Å². The number of pyridine rings is 1. The molecule has 2 aromatic heterocycles. The highest BCUT2D eigenvalue weighted by molar-refractivity contribution is 6.31. The second kappa shape index (κ2) is 9.02. The van der Waals surface area contributed by atoms with Gasteiger partial charge in [-0.3, -0.25) is 9.36 Å². The molecular formula is C22H16ClF3N6O2. The minimum atomic E-state index is -4.64. The minimum absolute atomic E-state index is 0.0590. The Morgan fingerprint density at radius 1 is 0.971 bits per heavy atom. The molecule has 0 aliphatic carbocycles. The third kappa shape index (κ3) is 4.64. The summed E-state index contributed by atoms with van der Waals surface area (Å²) in [5, 5.41) is 6.96. The van der Waals surface area contributed by atoms with Crippen molar-refractivity contribution in [1.29, 1.82) is 0 Å². The number of fused-ring (bicyclic) bond motifs is 1. The van der Waals surface area contributed by atoms with E-state index in [9.17, 15) is 22.8 Å². The maximum absolute atomic E-state index is 13.0. The third-order valence-electron chi connectivity index (χ3n) is 4.84. The number of carbonyl (C=O) groups excluding carboxylic acids is 2. The second-order valence-electron chi connectivity index (χ2n) is 7.04. The lowest BCUT2D eigenvalue weighted by atomic mass is 10.2. The summed E-state index contributed by atoms with van der Waals surface area (Å²) in [6.45, 7) is 0. The Bertz CT molecular complexity index is 1390. The second-order valence-corrected chi connectivity index (χ2v) is 7.45. The zero-order chi connectivity index (χ0) is 24.5. The molecule has 3 N–H and O–H groups in total. The molecule has 0 saturated heterocycles. The number of carbonyl (C=O) groups is 2. The largest absolute Gasteiger partial charge is 0.417 e. The molecular weight excluding hydrogens is 473 g/mol. The minimum Gasteiger partial charge on any atom is -0.354 e. The number of alkyl halides is 3. The number of hydrogen-bond donors (Lipinski definition) is 3. The Morgan fingerprint density at radius 2 is 1.65 bits per heavy atom. The first-order valence-electron chi connectivity index (χ1n) is 9.76. The van der Waals surface area contributed by atoms with E-state index in [-0.39, 0.29) is 17.3 Å². The summed E-state index contributed by atoms with van der Waals surface area (Å²) in [7, 11) is 1.50. The van der Waals surface area contributed by atoms with Crippen LogP contribution in [0.15, 0.2) is 61.1 Å². The number of aromatic nitrogens is 3. The van der Waals surface area contributed by atoms with Crippen LogP contribution in [-0.2, 0) is 6.18 Å². The molecule has 0 aliphatic heterocycles. The van der Waals surface area contributed by atoms with Gasteiger partial charge in [0.1, 0.15) is 11.8 Å². The van der Waals surface area contributed by atoms with Gasteiger partial charge in [-0.2, -0.15) is 13.2 Å². The van der Waals surface area contributed by atoms with Crippen molar-refractivity contribution in [2.24, 2.45) is 0 Å². The molecule has 0 bridgehead atoms. The number of halogens is 4. The highest BCUT2D eigenvalue weighted by atomic mass is 35.5. The van der Waals surface area contributed by atoms with E-state index >= 15 is 0 Å². The summed E-state index contributed by atoms with van der Waals surface area (Å²) in [5.74, 6) is -0.357. The lowest BCUT2D eigenvalue weighted by Gasteiger charge is -2.12. The van der Waals surface area contributed by atoms with Gasteiger partial charge >= 0.3 is 12.2 Å². The summed E-state index contributed by atoms with van der Waals surface area (Å²) < 4.78 is 40.8. The fourth-order valence-electron chi connectivity index (χ4n) is 3.25. The Labute approximate surface area is 195 Å². The van der Waals surface area contributed by atoms with Crippen LogP contribution >= 0.6 is 11.6 Å². The molecule has 8 nitrogen and oxygen atoms in total. The Hall–Kier alpha value is -4.12. The van der Waals surface area contributed by atoms with E-state index in [1.807, 2.05) is 0 Å². The molecule has 0 atom stereocenters. The van der Waals surface area contributed by atoms with Gasteiger partial charge in [-0.25, -0.2) is 14.8 Å². The van der Waals surface area contributed by atoms with Crippen molar-refractivity contribution >= 4 is 45.9 Å². The van der Waals surface area contributed by atoms with Crippen molar-refractivity contribution in [3.63, 3.8) is 0 Å². The summed E-state index contributed by atoms with van der Waals surface area (Å²) in [6.07, 6.45) is -1.59. The molecule has 4 rings (SSSR count). The lowest BCUT2D eigenvalue weighted by molar-refractivity contribution is -0.137. The molecule has 0 radical (unpaired) electrons. The van der Waals surface area contributed by atoms with Crippen molar-refractivity contribution in [1.82, 2.24) is 19.9 Å². The number of nitrogens with zero attached hydrogens (tertiary/aromatic N) is 3. The van der Waals surface area contributed by atoms with E-state index < -0.39 is 22.8 Å².